The van der Waals surface area contributed by atoms with Crippen LogP contribution in [-0.4, -0.2) is 40.6 Å². The zero-order chi connectivity index (χ0) is 20.6. The molecule has 0 spiro atoms. The van der Waals surface area contributed by atoms with Crippen LogP contribution in [0.2, 0.25) is 0 Å². The van der Waals surface area contributed by atoms with Gasteiger partial charge in [-0.2, -0.15) is 4.98 Å². The Hall–Kier alpha value is -2.21. The number of pyridine rings is 1. The summed E-state index contributed by atoms with van der Waals surface area (Å²) in [7, 11) is 0. The molecule has 2 aromatic rings. The summed E-state index contributed by atoms with van der Waals surface area (Å²) in [6.07, 6.45) is 15.0. The van der Waals surface area contributed by atoms with E-state index in [9.17, 15) is 0 Å². The Kier molecular flexibility index (Phi) is 7.51. The SMILES string of the molecule is CCCCNc1ncc(-c2ccc(C3CCNCC3)cn2)c(NC2CCCCC2)n1. The summed E-state index contributed by atoms with van der Waals surface area (Å²) in [6, 6.07) is 4.88. The van der Waals surface area contributed by atoms with Gasteiger partial charge in [0.2, 0.25) is 5.95 Å². The highest BCUT2D eigenvalue weighted by Crippen LogP contribution is 2.30. The molecule has 0 unspecified atom stereocenters. The average molecular weight is 409 g/mol. The van der Waals surface area contributed by atoms with Gasteiger partial charge in [0.15, 0.2) is 0 Å². The number of unbranched alkanes of at least 4 members (excludes halogenated alkanes) is 1. The first kappa shape index (κ1) is 21.0. The summed E-state index contributed by atoms with van der Waals surface area (Å²) in [5.74, 6) is 2.24. The topological polar surface area (TPSA) is 74.8 Å². The third-order valence-corrected chi connectivity index (χ3v) is 6.42. The molecule has 4 rings (SSSR count). The second-order valence-electron chi connectivity index (χ2n) is 8.72. The van der Waals surface area contributed by atoms with Gasteiger partial charge in [0, 0.05) is 25.0 Å². The molecule has 2 aliphatic rings. The molecule has 0 aromatic carbocycles. The van der Waals surface area contributed by atoms with Crippen LogP contribution in [0.3, 0.4) is 0 Å². The molecule has 3 heterocycles. The first-order valence-electron chi connectivity index (χ1n) is 11.9. The number of nitrogens with one attached hydrogen (secondary N) is 3. The molecular weight excluding hydrogens is 372 g/mol. The predicted molar refractivity (Wildman–Crippen MR) is 124 cm³/mol. The van der Waals surface area contributed by atoms with Crippen LogP contribution in [0, 0.1) is 0 Å². The Morgan fingerprint density at radius 1 is 1.00 bits per heavy atom. The lowest BCUT2D eigenvalue weighted by Crippen LogP contribution is -2.26. The maximum Gasteiger partial charge on any atom is 0.224 e. The minimum atomic E-state index is 0.491. The van der Waals surface area contributed by atoms with E-state index in [1.54, 1.807) is 0 Å². The van der Waals surface area contributed by atoms with Gasteiger partial charge >= 0.3 is 0 Å². The van der Waals surface area contributed by atoms with Crippen molar-refractivity contribution < 1.29 is 0 Å². The normalized spacial score (nSPS) is 18.3. The maximum atomic E-state index is 4.85. The monoisotopic (exact) mass is 408 g/mol. The summed E-state index contributed by atoms with van der Waals surface area (Å²) < 4.78 is 0. The van der Waals surface area contributed by atoms with E-state index in [2.05, 4.69) is 46.2 Å². The average Bonchev–Trinajstić information content (AvgIpc) is 2.81. The lowest BCUT2D eigenvalue weighted by molar-refractivity contribution is 0.459. The molecule has 2 aromatic heterocycles. The molecule has 1 aliphatic carbocycles. The molecule has 0 radical (unpaired) electrons. The molecule has 3 N–H and O–H groups in total. The van der Waals surface area contributed by atoms with Crippen LogP contribution in [0.25, 0.3) is 11.3 Å². The van der Waals surface area contributed by atoms with E-state index in [1.165, 1.54) is 50.5 Å². The molecule has 6 nitrogen and oxygen atoms in total. The zero-order valence-electron chi connectivity index (χ0n) is 18.3. The van der Waals surface area contributed by atoms with Crippen LogP contribution in [0.1, 0.15) is 76.2 Å². The van der Waals surface area contributed by atoms with Gasteiger partial charge in [-0.15, -0.1) is 0 Å². The van der Waals surface area contributed by atoms with Gasteiger partial charge in [-0.25, -0.2) is 4.98 Å². The van der Waals surface area contributed by atoms with E-state index in [0.29, 0.717) is 17.9 Å². The van der Waals surface area contributed by atoms with Gasteiger partial charge in [-0.3, -0.25) is 4.98 Å². The smallest absolute Gasteiger partial charge is 0.224 e. The number of piperidine rings is 1. The quantitative estimate of drug-likeness (QED) is 0.536. The molecule has 1 saturated heterocycles. The minimum absolute atomic E-state index is 0.491. The van der Waals surface area contributed by atoms with E-state index in [0.717, 1.165) is 49.6 Å². The van der Waals surface area contributed by atoms with Gasteiger partial charge in [-0.05, 0) is 62.7 Å². The van der Waals surface area contributed by atoms with Gasteiger partial charge in [0.25, 0.3) is 0 Å². The molecule has 2 fully saturated rings. The molecule has 1 aliphatic heterocycles. The second kappa shape index (κ2) is 10.7. The van der Waals surface area contributed by atoms with Crippen molar-refractivity contribution in [3.8, 4) is 11.3 Å². The Morgan fingerprint density at radius 3 is 2.57 bits per heavy atom. The van der Waals surface area contributed by atoms with Crippen LogP contribution in [0.4, 0.5) is 11.8 Å². The van der Waals surface area contributed by atoms with Crippen molar-refractivity contribution in [2.45, 2.75) is 76.7 Å². The first-order valence-corrected chi connectivity index (χ1v) is 11.9. The van der Waals surface area contributed by atoms with Crippen molar-refractivity contribution in [3.63, 3.8) is 0 Å². The summed E-state index contributed by atoms with van der Waals surface area (Å²) in [5, 5.41) is 10.5. The summed E-state index contributed by atoms with van der Waals surface area (Å²) in [4.78, 5) is 14.3. The number of rotatable bonds is 8. The van der Waals surface area contributed by atoms with Gasteiger partial charge in [0.1, 0.15) is 5.82 Å². The fourth-order valence-corrected chi connectivity index (χ4v) is 4.54. The fraction of sp³-hybridized carbons (Fsp3) is 0.625. The molecular formula is C24H36N6. The van der Waals surface area contributed by atoms with Crippen LogP contribution < -0.4 is 16.0 Å². The summed E-state index contributed by atoms with van der Waals surface area (Å²) in [6.45, 7) is 5.30. The molecule has 30 heavy (non-hydrogen) atoms. The van der Waals surface area contributed by atoms with Crippen LogP contribution >= 0.6 is 0 Å². The third kappa shape index (κ3) is 5.48. The van der Waals surface area contributed by atoms with Crippen molar-refractivity contribution in [2.24, 2.45) is 0 Å². The van der Waals surface area contributed by atoms with Crippen LogP contribution in [-0.2, 0) is 0 Å². The Morgan fingerprint density at radius 2 is 1.83 bits per heavy atom. The summed E-state index contributed by atoms with van der Waals surface area (Å²) in [5.41, 5.74) is 3.30. The van der Waals surface area contributed by atoms with Crippen molar-refractivity contribution in [1.29, 1.82) is 0 Å². The minimum Gasteiger partial charge on any atom is -0.367 e. The second-order valence-corrected chi connectivity index (χ2v) is 8.72. The molecule has 6 heteroatoms. The first-order chi connectivity index (χ1) is 14.8. The third-order valence-electron chi connectivity index (χ3n) is 6.42. The van der Waals surface area contributed by atoms with Crippen LogP contribution in [0.15, 0.2) is 24.5 Å². The number of nitrogens with zero attached hydrogens (tertiary/aromatic N) is 3. The van der Waals surface area contributed by atoms with Crippen molar-refractivity contribution in [3.05, 3.63) is 30.1 Å². The molecule has 0 amide bonds. The fourth-order valence-electron chi connectivity index (χ4n) is 4.54. The van der Waals surface area contributed by atoms with E-state index in [1.807, 2.05) is 6.20 Å². The predicted octanol–water partition coefficient (Wildman–Crippen LogP) is 4.96. The van der Waals surface area contributed by atoms with E-state index < -0.39 is 0 Å². The molecule has 1 saturated carbocycles. The highest BCUT2D eigenvalue weighted by atomic mass is 15.1. The Labute approximate surface area is 180 Å². The van der Waals surface area contributed by atoms with Crippen molar-refractivity contribution in [2.75, 3.05) is 30.3 Å². The molecule has 0 atom stereocenters. The highest BCUT2D eigenvalue weighted by Gasteiger charge is 2.19. The van der Waals surface area contributed by atoms with Crippen molar-refractivity contribution >= 4 is 11.8 Å². The summed E-state index contributed by atoms with van der Waals surface area (Å²) >= 11 is 0. The number of aromatic nitrogens is 3. The van der Waals surface area contributed by atoms with Gasteiger partial charge in [-0.1, -0.05) is 38.7 Å². The van der Waals surface area contributed by atoms with Crippen molar-refractivity contribution in [1.82, 2.24) is 20.3 Å². The molecule has 162 valence electrons. The van der Waals surface area contributed by atoms with Gasteiger partial charge < -0.3 is 16.0 Å². The lowest BCUT2D eigenvalue weighted by Gasteiger charge is -2.25. The highest BCUT2D eigenvalue weighted by molar-refractivity contribution is 5.73. The standard InChI is InChI=1S/C24H36N6/c1-2-3-13-26-24-28-17-21(23(30-24)29-20-7-5-4-6-8-20)22-10-9-19(16-27-22)18-11-14-25-15-12-18/h9-10,16-18,20,25H,2-8,11-15H2,1H3,(H2,26,28,29,30). The number of hydrogen-bond acceptors (Lipinski definition) is 6. The zero-order valence-corrected chi connectivity index (χ0v) is 18.3. The maximum absolute atomic E-state index is 4.85. The van der Waals surface area contributed by atoms with Crippen LogP contribution in [0.5, 0.6) is 0 Å². The molecule has 0 bridgehead atoms. The van der Waals surface area contributed by atoms with E-state index >= 15 is 0 Å². The lowest BCUT2D eigenvalue weighted by atomic mass is 9.91. The van der Waals surface area contributed by atoms with Gasteiger partial charge in [0.05, 0.1) is 11.3 Å². The van der Waals surface area contributed by atoms with E-state index in [4.69, 9.17) is 9.97 Å². The largest absolute Gasteiger partial charge is 0.367 e. The number of anilines is 2. The Bertz CT molecular complexity index is 779. The number of hydrogen-bond donors (Lipinski definition) is 3. The Balaban J connectivity index is 1.55. The van der Waals surface area contributed by atoms with E-state index in [-0.39, 0.29) is 0 Å².